The third kappa shape index (κ3) is 4.72. The van der Waals surface area contributed by atoms with Crippen molar-refractivity contribution in [3.05, 3.63) is 105 Å². The lowest BCUT2D eigenvalue weighted by molar-refractivity contribution is -0.148. The summed E-state index contributed by atoms with van der Waals surface area (Å²) in [4.78, 5) is 26.0. The van der Waals surface area contributed by atoms with Crippen molar-refractivity contribution in [2.75, 3.05) is 6.61 Å². The molecule has 0 aromatic heterocycles. The molecule has 1 aliphatic carbocycles. The standard InChI is InChI=1S/C26H24BrNO3/c1-2-31-26(30)23-16-18-10-6-7-11-21(18)24(23)28-25(29)22-13-12-20(27)15-19(22)14-17-8-4-3-5-9-17/h3-13,15,23-24H,2,14,16H2,1H3,(H,28,29). The zero-order chi connectivity index (χ0) is 21.8. The van der Waals surface area contributed by atoms with Gasteiger partial charge in [0.05, 0.1) is 18.6 Å². The van der Waals surface area contributed by atoms with Crippen molar-refractivity contribution in [2.24, 2.45) is 5.92 Å². The van der Waals surface area contributed by atoms with E-state index in [-0.39, 0.29) is 11.9 Å². The number of ether oxygens (including phenoxy) is 1. The SMILES string of the molecule is CCOC(=O)C1Cc2ccccc2C1NC(=O)c1ccc(Br)cc1Cc1ccccc1. The highest BCUT2D eigenvalue weighted by Gasteiger charge is 2.39. The van der Waals surface area contributed by atoms with Crippen LogP contribution in [0.15, 0.2) is 77.3 Å². The largest absolute Gasteiger partial charge is 0.466 e. The van der Waals surface area contributed by atoms with Gasteiger partial charge in [-0.05, 0) is 60.2 Å². The number of carbonyl (C=O) groups is 2. The Kier molecular flexibility index (Phi) is 6.52. The van der Waals surface area contributed by atoms with Crippen molar-refractivity contribution in [3.8, 4) is 0 Å². The van der Waals surface area contributed by atoms with Crippen LogP contribution in [0, 0.1) is 5.92 Å². The van der Waals surface area contributed by atoms with Gasteiger partial charge < -0.3 is 10.1 Å². The second kappa shape index (κ2) is 9.48. The Balaban J connectivity index is 1.63. The van der Waals surface area contributed by atoms with Gasteiger partial charge in [-0.1, -0.05) is 70.5 Å². The lowest BCUT2D eigenvalue weighted by Crippen LogP contribution is -2.35. The molecule has 0 fully saturated rings. The summed E-state index contributed by atoms with van der Waals surface area (Å²) >= 11 is 3.52. The van der Waals surface area contributed by atoms with Gasteiger partial charge in [0.2, 0.25) is 0 Å². The number of halogens is 1. The lowest BCUT2D eigenvalue weighted by Gasteiger charge is -2.21. The van der Waals surface area contributed by atoms with E-state index in [1.165, 1.54) is 0 Å². The summed E-state index contributed by atoms with van der Waals surface area (Å²) in [6.07, 6.45) is 1.21. The highest BCUT2D eigenvalue weighted by atomic mass is 79.9. The van der Waals surface area contributed by atoms with Crippen LogP contribution in [0.3, 0.4) is 0 Å². The molecule has 0 bridgehead atoms. The predicted molar refractivity (Wildman–Crippen MR) is 124 cm³/mol. The molecule has 0 saturated carbocycles. The summed E-state index contributed by atoms with van der Waals surface area (Å²) in [5, 5.41) is 3.13. The number of esters is 1. The Morgan fingerprint density at radius 1 is 1.03 bits per heavy atom. The van der Waals surface area contributed by atoms with Crippen LogP contribution in [0.5, 0.6) is 0 Å². The van der Waals surface area contributed by atoms with E-state index in [1.807, 2.05) is 72.8 Å². The average Bonchev–Trinajstić information content (AvgIpc) is 3.13. The summed E-state index contributed by atoms with van der Waals surface area (Å²) < 4.78 is 6.22. The third-order valence-electron chi connectivity index (χ3n) is 5.66. The summed E-state index contributed by atoms with van der Waals surface area (Å²) in [7, 11) is 0. The van der Waals surface area contributed by atoms with Crippen LogP contribution in [0.2, 0.25) is 0 Å². The molecule has 0 aliphatic heterocycles. The minimum atomic E-state index is -0.422. The first-order valence-electron chi connectivity index (χ1n) is 10.4. The molecule has 1 aliphatic rings. The molecule has 0 spiro atoms. The van der Waals surface area contributed by atoms with Gasteiger partial charge in [-0.2, -0.15) is 0 Å². The second-order valence-electron chi connectivity index (χ2n) is 7.68. The molecular formula is C26H24BrNO3. The monoisotopic (exact) mass is 477 g/mol. The molecule has 5 heteroatoms. The number of benzene rings is 3. The highest BCUT2D eigenvalue weighted by Crippen LogP contribution is 2.37. The van der Waals surface area contributed by atoms with Gasteiger partial charge in [0, 0.05) is 10.0 Å². The maximum absolute atomic E-state index is 13.4. The number of carbonyl (C=O) groups excluding carboxylic acids is 2. The first-order chi connectivity index (χ1) is 15.1. The van der Waals surface area contributed by atoms with Gasteiger partial charge in [0.1, 0.15) is 0 Å². The topological polar surface area (TPSA) is 55.4 Å². The van der Waals surface area contributed by atoms with E-state index >= 15 is 0 Å². The molecule has 2 unspecified atom stereocenters. The zero-order valence-electron chi connectivity index (χ0n) is 17.3. The zero-order valence-corrected chi connectivity index (χ0v) is 18.9. The Labute approximate surface area is 190 Å². The Hall–Kier alpha value is -2.92. The quantitative estimate of drug-likeness (QED) is 0.493. The normalized spacial score (nSPS) is 17.1. The summed E-state index contributed by atoms with van der Waals surface area (Å²) in [6, 6.07) is 23.2. The van der Waals surface area contributed by atoms with Crippen LogP contribution in [-0.4, -0.2) is 18.5 Å². The van der Waals surface area contributed by atoms with Crippen LogP contribution >= 0.6 is 15.9 Å². The second-order valence-corrected chi connectivity index (χ2v) is 8.59. The Morgan fingerprint density at radius 2 is 1.77 bits per heavy atom. The van der Waals surface area contributed by atoms with E-state index in [4.69, 9.17) is 4.74 Å². The number of hydrogen-bond acceptors (Lipinski definition) is 3. The van der Waals surface area contributed by atoms with E-state index in [0.717, 1.165) is 26.7 Å². The van der Waals surface area contributed by atoms with Crippen molar-refractivity contribution in [2.45, 2.75) is 25.8 Å². The van der Waals surface area contributed by atoms with Crippen LogP contribution in [0.1, 0.15) is 45.6 Å². The van der Waals surface area contributed by atoms with Gasteiger partial charge in [-0.15, -0.1) is 0 Å². The number of rotatable bonds is 6. The van der Waals surface area contributed by atoms with Gasteiger partial charge >= 0.3 is 5.97 Å². The van der Waals surface area contributed by atoms with E-state index in [2.05, 4.69) is 21.2 Å². The van der Waals surface area contributed by atoms with Crippen LogP contribution in [0.25, 0.3) is 0 Å². The maximum Gasteiger partial charge on any atom is 0.311 e. The summed E-state index contributed by atoms with van der Waals surface area (Å²) in [6.45, 7) is 2.12. The van der Waals surface area contributed by atoms with Crippen molar-refractivity contribution >= 4 is 27.8 Å². The van der Waals surface area contributed by atoms with E-state index in [1.54, 1.807) is 6.92 Å². The molecule has 158 valence electrons. The first kappa shape index (κ1) is 21.3. The van der Waals surface area contributed by atoms with Gasteiger partial charge in [0.25, 0.3) is 5.91 Å². The minimum Gasteiger partial charge on any atom is -0.466 e. The maximum atomic E-state index is 13.4. The smallest absolute Gasteiger partial charge is 0.311 e. The van der Waals surface area contributed by atoms with Gasteiger partial charge in [0.15, 0.2) is 0 Å². The summed E-state index contributed by atoms with van der Waals surface area (Å²) in [5.41, 5.74) is 4.73. The van der Waals surface area contributed by atoms with Crippen LogP contribution in [0.4, 0.5) is 0 Å². The number of fused-ring (bicyclic) bond motifs is 1. The lowest BCUT2D eigenvalue weighted by atomic mass is 9.97. The van der Waals surface area contributed by atoms with E-state index < -0.39 is 12.0 Å². The molecule has 3 aromatic rings. The Morgan fingerprint density at radius 3 is 2.55 bits per heavy atom. The molecule has 4 rings (SSSR count). The van der Waals surface area contributed by atoms with Crippen molar-refractivity contribution < 1.29 is 14.3 Å². The summed E-state index contributed by atoms with van der Waals surface area (Å²) in [5.74, 6) is -0.881. The van der Waals surface area contributed by atoms with Gasteiger partial charge in [-0.3, -0.25) is 9.59 Å². The molecule has 0 saturated heterocycles. The first-order valence-corrected chi connectivity index (χ1v) is 11.2. The van der Waals surface area contributed by atoms with Crippen LogP contribution in [-0.2, 0) is 22.4 Å². The average molecular weight is 478 g/mol. The number of amides is 1. The molecule has 31 heavy (non-hydrogen) atoms. The number of hydrogen-bond donors (Lipinski definition) is 1. The number of nitrogens with one attached hydrogen (secondary N) is 1. The molecule has 2 atom stereocenters. The molecule has 3 aromatic carbocycles. The highest BCUT2D eigenvalue weighted by molar-refractivity contribution is 9.10. The van der Waals surface area contributed by atoms with Crippen molar-refractivity contribution in [1.29, 1.82) is 0 Å². The van der Waals surface area contributed by atoms with E-state index in [0.29, 0.717) is 25.0 Å². The predicted octanol–water partition coefficient (Wildman–Crippen LogP) is 5.25. The molecule has 0 radical (unpaired) electrons. The fraction of sp³-hybridized carbons (Fsp3) is 0.231. The Bertz CT molecular complexity index is 1100. The van der Waals surface area contributed by atoms with Crippen molar-refractivity contribution in [3.63, 3.8) is 0 Å². The van der Waals surface area contributed by atoms with Gasteiger partial charge in [-0.25, -0.2) is 0 Å². The van der Waals surface area contributed by atoms with Crippen LogP contribution < -0.4 is 5.32 Å². The molecule has 4 nitrogen and oxygen atoms in total. The molecule has 1 amide bonds. The van der Waals surface area contributed by atoms with Crippen molar-refractivity contribution in [1.82, 2.24) is 5.32 Å². The minimum absolute atomic E-state index is 0.186. The molecule has 0 heterocycles. The fourth-order valence-electron chi connectivity index (χ4n) is 4.21. The third-order valence-corrected chi connectivity index (χ3v) is 6.15. The fourth-order valence-corrected chi connectivity index (χ4v) is 4.62. The van der Waals surface area contributed by atoms with E-state index in [9.17, 15) is 9.59 Å². The molecule has 1 N–H and O–H groups in total. The molecular weight excluding hydrogens is 454 g/mol.